The van der Waals surface area contributed by atoms with Gasteiger partial charge in [0.05, 0.1) is 12.2 Å². The third-order valence-corrected chi connectivity index (χ3v) is 5.84. The highest BCUT2D eigenvalue weighted by atomic mass is 16.4. The van der Waals surface area contributed by atoms with E-state index in [-0.39, 0.29) is 0 Å². The topological polar surface area (TPSA) is 61.6 Å². The molecule has 25 heavy (non-hydrogen) atoms. The monoisotopic (exact) mass is 348 g/mol. The maximum Gasteiger partial charge on any atom is 0.222 e. The van der Waals surface area contributed by atoms with Crippen molar-refractivity contribution >= 4 is 5.91 Å². The van der Waals surface area contributed by atoms with Crippen LogP contribution in [0, 0.1) is 25.7 Å². The Kier molecular flexibility index (Phi) is 6.12. The molecule has 1 atom stereocenters. The molecule has 1 aromatic rings. The van der Waals surface area contributed by atoms with Crippen molar-refractivity contribution in [3.8, 4) is 0 Å². The smallest absolute Gasteiger partial charge is 0.222 e. The molecule has 3 heterocycles. The Morgan fingerprint density at radius 2 is 1.92 bits per heavy atom. The molecule has 0 aliphatic carbocycles. The fourth-order valence-electron chi connectivity index (χ4n) is 3.94. The molecule has 0 bridgehead atoms. The number of piperidine rings is 1. The summed E-state index contributed by atoms with van der Waals surface area (Å²) in [6.45, 7) is 12.5. The maximum absolute atomic E-state index is 12.6. The number of hydrogen-bond acceptors (Lipinski definition) is 5. The Bertz CT molecular complexity index is 552. The van der Waals surface area contributed by atoms with E-state index in [0.29, 0.717) is 24.2 Å². The van der Waals surface area contributed by atoms with Crippen molar-refractivity contribution in [3.63, 3.8) is 0 Å². The summed E-state index contributed by atoms with van der Waals surface area (Å²) in [5.74, 6) is 3.20. The van der Waals surface area contributed by atoms with Crippen molar-refractivity contribution < 1.29 is 9.21 Å². The number of oxazole rings is 1. The molecule has 0 aromatic carbocycles. The highest BCUT2D eigenvalue weighted by molar-refractivity contribution is 5.76. The summed E-state index contributed by atoms with van der Waals surface area (Å²) in [5, 5.41) is 3.40. The van der Waals surface area contributed by atoms with E-state index < -0.39 is 0 Å². The van der Waals surface area contributed by atoms with Crippen molar-refractivity contribution in [2.75, 3.05) is 39.3 Å². The Labute approximate surface area is 151 Å². The van der Waals surface area contributed by atoms with E-state index in [2.05, 4.69) is 22.1 Å². The van der Waals surface area contributed by atoms with E-state index in [1.165, 1.54) is 12.8 Å². The summed E-state index contributed by atoms with van der Waals surface area (Å²) >= 11 is 0. The molecule has 1 amide bonds. The van der Waals surface area contributed by atoms with Gasteiger partial charge in [-0.2, -0.15) is 0 Å². The summed E-state index contributed by atoms with van der Waals surface area (Å²) in [7, 11) is 0. The Hall–Kier alpha value is -1.40. The summed E-state index contributed by atoms with van der Waals surface area (Å²) < 4.78 is 5.67. The third kappa shape index (κ3) is 4.82. The Balaban J connectivity index is 1.42. The fraction of sp³-hybridized carbons (Fsp3) is 0.789. The molecule has 3 rings (SSSR count). The van der Waals surface area contributed by atoms with E-state index in [4.69, 9.17) is 4.42 Å². The van der Waals surface area contributed by atoms with Crippen LogP contribution in [-0.4, -0.2) is 60.0 Å². The molecule has 2 saturated heterocycles. The number of amides is 1. The molecular formula is C19H32N4O2. The largest absolute Gasteiger partial charge is 0.444 e. The third-order valence-electron chi connectivity index (χ3n) is 5.84. The Morgan fingerprint density at radius 1 is 1.24 bits per heavy atom. The predicted octanol–water partition coefficient (Wildman–Crippen LogP) is 1.96. The summed E-state index contributed by atoms with van der Waals surface area (Å²) in [6.07, 6.45) is 3.11. The van der Waals surface area contributed by atoms with Gasteiger partial charge in [0.15, 0.2) is 0 Å². The molecule has 2 aliphatic rings. The van der Waals surface area contributed by atoms with Crippen molar-refractivity contribution in [1.82, 2.24) is 20.1 Å². The lowest BCUT2D eigenvalue weighted by molar-refractivity contribution is -0.134. The highest BCUT2D eigenvalue weighted by Gasteiger charge is 2.26. The molecule has 140 valence electrons. The number of carbonyl (C=O) groups excluding carboxylic acids is 1. The van der Waals surface area contributed by atoms with Crippen molar-refractivity contribution in [2.24, 2.45) is 11.8 Å². The Morgan fingerprint density at radius 3 is 2.52 bits per heavy atom. The van der Waals surface area contributed by atoms with E-state index in [1.807, 2.05) is 18.7 Å². The molecule has 1 N–H and O–H groups in total. The minimum atomic E-state index is 0.327. The molecule has 1 unspecified atom stereocenters. The molecule has 6 heteroatoms. The molecule has 0 radical (unpaired) electrons. The lowest BCUT2D eigenvalue weighted by atomic mass is 9.84. The van der Waals surface area contributed by atoms with E-state index >= 15 is 0 Å². The SMILES string of the molecule is Cc1nc(CN2CCN(C(=O)CC(C)C3CCNCC3)CC2)oc1C. The number of rotatable bonds is 5. The van der Waals surface area contributed by atoms with Crippen LogP contribution in [0.2, 0.25) is 0 Å². The van der Waals surface area contributed by atoms with Crippen molar-refractivity contribution in [1.29, 1.82) is 0 Å². The van der Waals surface area contributed by atoms with Gasteiger partial charge in [-0.3, -0.25) is 9.69 Å². The van der Waals surface area contributed by atoms with Crippen LogP contribution in [0.15, 0.2) is 4.42 Å². The van der Waals surface area contributed by atoms with Crippen LogP contribution in [0.1, 0.15) is 43.5 Å². The van der Waals surface area contributed by atoms with Crippen LogP contribution in [-0.2, 0) is 11.3 Å². The van der Waals surface area contributed by atoms with Gasteiger partial charge in [-0.05, 0) is 51.6 Å². The van der Waals surface area contributed by atoms with Gasteiger partial charge in [0.2, 0.25) is 11.8 Å². The number of carbonyl (C=O) groups is 1. The van der Waals surface area contributed by atoms with Crippen molar-refractivity contribution in [3.05, 3.63) is 17.3 Å². The first kappa shape index (κ1) is 18.4. The van der Waals surface area contributed by atoms with Gasteiger partial charge in [0.25, 0.3) is 0 Å². The number of nitrogens with zero attached hydrogens (tertiary/aromatic N) is 3. The van der Waals surface area contributed by atoms with E-state index in [1.54, 1.807) is 0 Å². The van der Waals surface area contributed by atoms with E-state index in [9.17, 15) is 4.79 Å². The lowest BCUT2D eigenvalue weighted by Gasteiger charge is -2.35. The van der Waals surface area contributed by atoms with Crippen LogP contribution in [0.3, 0.4) is 0 Å². The van der Waals surface area contributed by atoms with Gasteiger partial charge in [-0.1, -0.05) is 6.92 Å². The number of aryl methyl sites for hydroxylation is 2. The molecule has 2 aliphatic heterocycles. The highest BCUT2D eigenvalue weighted by Crippen LogP contribution is 2.25. The van der Waals surface area contributed by atoms with Gasteiger partial charge in [0.1, 0.15) is 5.76 Å². The van der Waals surface area contributed by atoms with Gasteiger partial charge >= 0.3 is 0 Å². The number of aromatic nitrogens is 1. The predicted molar refractivity (Wildman–Crippen MR) is 97.2 cm³/mol. The number of nitrogens with one attached hydrogen (secondary N) is 1. The van der Waals surface area contributed by atoms with E-state index in [0.717, 1.165) is 63.2 Å². The number of piperazine rings is 1. The summed E-state index contributed by atoms with van der Waals surface area (Å²) in [4.78, 5) is 21.4. The van der Waals surface area contributed by atoms with Gasteiger partial charge in [-0.25, -0.2) is 4.98 Å². The van der Waals surface area contributed by atoms with Crippen LogP contribution in [0.5, 0.6) is 0 Å². The molecule has 6 nitrogen and oxygen atoms in total. The summed E-state index contributed by atoms with van der Waals surface area (Å²) in [6, 6.07) is 0. The quantitative estimate of drug-likeness (QED) is 0.881. The first-order valence-electron chi connectivity index (χ1n) is 9.66. The molecule has 0 saturated carbocycles. The fourth-order valence-corrected chi connectivity index (χ4v) is 3.94. The molecule has 0 spiro atoms. The second-order valence-corrected chi connectivity index (χ2v) is 7.67. The second-order valence-electron chi connectivity index (χ2n) is 7.67. The molecule has 1 aromatic heterocycles. The first-order valence-corrected chi connectivity index (χ1v) is 9.66. The number of hydrogen-bond donors (Lipinski definition) is 1. The maximum atomic E-state index is 12.6. The van der Waals surface area contributed by atoms with Crippen molar-refractivity contribution in [2.45, 2.75) is 46.6 Å². The van der Waals surface area contributed by atoms with Gasteiger partial charge in [0, 0.05) is 32.6 Å². The van der Waals surface area contributed by atoms with Crippen LogP contribution >= 0.6 is 0 Å². The first-order chi connectivity index (χ1) is 12.0. The minimum Gasteiger partial charge on any atom is -0.444 e. The molecule has 2 fully saturated rings. The minimum absolute atomic E-state index is 0.327. The van der Waals surface area contributed by atoms with Crippen LogP contribution < -0.4 is 5.32 Å². The zero-order chi connectivity index (χ0) is 17.8. The average Bonchev–Trinajstić information content (AvgIpc) is 2.93. The summed E-state index contributed by atoms with van der Waals surface area (Å²) in [5.41, 5.74) is 0.968. The van der Waals surface area contributed by atoms with Crippen LogP contribution in [0.4, 0.5) is 0 Å². The average molecular weight is 348 g/mol. The lowest BCUT2D eigenvalue weighted by Crippen LogP contribution is -2.48. The standard InChI is InChI=1S/C19H32N4O2/c1-14(17-4-6-20-7-5-17)12-19(24)23-10-8-22(9-11-23)13-18-21-15(2)16(3)25-18/h14,17,20H,4-13H2,1-3H3. The van der Waals surface area contributed by atoms with Gasteiger partial charge in [-0.15, -0.1) is 0 Å². The molecular weight excluding hydrogens is 316 g/mol. The normalized spacial score (nSPS) is 21.5. The zero-order valence-electron chi connectivity index (χ0n) is 15.9. The second kappa shape index (κ2) is 8.32. The van der Waals surface area contributed by atoms with Crippen LogP contribution in [0.25, 0.3) is 0 Å². The van der Waals surface area contributed by atoms with Gasteiger partial charge < -0.3 is 14.6 Å². The zero-order valence-corrected chi connectivity index (χ0v) is 15.9.